The maximum atomic E-state index is 11.6. The number of esters is 1. The first kappa shape index (κ1) is 15.9. The van der Waals surface area contributed by atoms with Crippen molar-refractivity contribution < 1.29 is 24.5 Å². The molecule has 0 aliphatic carbocycles. The van der Waals surface area contributed by atoms with E-state index in [9.17, 15) is 14.7 Å². The van der Waals surface area contributed by atoms with Crippen LogP contribution in [-0.4, -0.2) is 41.0 Å². The molecule has 0 spiro atoms. The van der Waals surface area contributed by atoms with Gasteiger partial charge in [0.05, 0.1) is 7.11 Å². The molecule has 3 N–H and O–H groups in total. The molecule has 0 aromatic heterocycles. The highest BCUT2D eigenvalue weighted by Gasteiger charge is 2.18. The van der Waals surface area contributed by atoms with Crippen molar-refractivity contribution in [1.29, 1.82) is 0 Å². The van der Waals surface area contributed by atoms with E-state index >= 15 is 0 Å². The van der Waals surface area contributed by atoms with E-state index in [4.69, 9.17) is 5.11 Å². The number of methoxy groups -OCH3 is 1. The lowest BCUT2D eigenvalue weighted by atomic mass is 10.2. The van der Waals surface area contributed by atoms with Gasteiger partial charge in [0.2, 0.25) is 5.91 Å². The maximum Gasteiger partial charge on any atom is 0.329 e. The first-order valence-corrected chi connectivity index (χ1v) is 6.30. The molecule has 20 heavy (non-hydrogen) atoms. The van der Waals surface area contributed by atoms with Crippen LogP contribution < -0.4 is 5.32 Å². The monoisotopic (exact) mass is 297 g/mol. The van der Waals surface area contributed by atoms with E-state index in [1.807, 2.05) is 0 Å². The summed E-state index contributed by atoms with van der Waals surface area (Å²) in [5.41, 5.74) is 0.524. The Balaban J connectivity index is 2.67. The first-order chi connectivity index (χ1) is 9.47. The number of carbonyl (C=O) groups excluding carboxylic acids is 2. The summed E-state index contributed by atoms with van der Waals surface area (Å²) in [6.07, 6.45) is 2.63. The van der Waals surface area contributed by atoms with Crippen LogP contribution in [0.4, 0.5) is 0 Å². The Morgan fingerprint density at radius 1 is 1.40 bits per heavy atom. The number of ether oxygens (including phenoxy) is 1. The third-order valence-electron chi connectivity index (χ3n) is 2.41. The van der Waals surface area contributed by atoms with Gasteiger partial charge in [-0.3, -0.25) is 4.79 Å². The predicted molar refractivity (Wildman–Crippen MR) is 76.6 cm³/mol. The fourth-order valence-corrected chi connectivity index (χ4v) is 1.60. The van der Waals surface area contributed by atoms with Crippen molar-refractivity contribution in [2.75, 3.05) is 12.9 Å². The van der Waals surface area contributed by atoms with Gasteiger partial charge in [-0.1, -0.05) is 6.07 Å². The molecule has 0 aliphatic heterocycles. The van der Waals surface area contributed by atoms with Gasteiger partial charge in [0.15, 0.2) is 11.5 Å². The van der Waals surface area contributed by atoms with Crippen molar-refractivity contribution in [3.8, 4) is 11.5 Å². The van der Waals surface area contributed by atoms with E-state index in [1.54, 1.807) is 0 Å². The Hall–Kier alpha value is -2.15. The third kappa shape index (κ3) is 4.51. The van der Waals surface area contributed by atoms with E-state index in [2.05, 4.69) is 22.7 Å². The fraction of sp³-hybridized carbons (Fsp3) is 0.231. The van der Waals surface area contributed by atoms with Crippen LogP contribution in [0.1, 0.15) is 5.56 Å². The van der Waals surface area contributed by atoms with Crippen LogP contribution in [0.25, 0.3) is 6.08 Å². The Labute approximate surface area is 121 Å². The second kappa shape index (κ2) is 7.44. The van der Waals surface area contributed by atoms with E-state index in [-0.39, 0.29) is 17.3 Å². The summed E-state index contributed by atoms with van der Waals surface area (Å²) in [6, 6.07) is 3.30. The molecule has 1 aromatic rings. The fourth-order valence-electron chi connectivity index (χ4n) is 1.36. The number of benzene rings is 1. The van der Waals surface area contributed by atoms with Gasteiger partial charge in [-0.15, -0.1) is 0 Å². The molecule has 0 radical (unpaired) electrons. The molecule has 7 heteroatoms. The molecule has 0 saturated carbocycles. The molecule has 1 aromatic carbocycles. The number of thiol groups is 1. The average molecular weight is 297 g/mol. The maximum absolute atomic E-state index is 11.6. The Kier molecular flexibility index (Phi) is 5.92. The molecule has 6 nitrogen and oxygen atoms in total. The molecule has 1 amide bonds. The Morgan fingerprint density at radius 3 is 2.65 bits per heavy atom. The number of carbonyl (C=O) groups is 2. The second-order valence-corrected chi connectivity index (χ2v) is 4.21. The van der Waals surface area contributed by atoms with Crippen LogP contribution in [0, 0.1) is 0 Å². The lowest BCUT2D eigenvalue weighted by Gasteiger charge is -2.12. The number of hydrogen-bond donors (Lipinski definition) is 4. The van der Waals surface area contributed by atoms with Crippen LogP contribution in [0.3, 0.4) is 0 Å². The largest absolute Gasteiger partial charge is 0.504 e. The number of nitrogens with one attached hydrogen (secondary N) is 1. The van der Waals surface area contributed by atoms with Crippen molar-refractivity contribution in [2.45, 2.75) is 6.04 Å². The molecule has 0 heterocycles. The van der Waals surface area contributed by atoms with Crippen LogP contribution in [0.2, 0.25) is 0 Å². The molecule has 0 fully saturated rings. The third-order valence-corrected chi connectivity index (χ3v) is 2.78. The van der Waals surface area contributed by atoms with Gasteiger partial charge in [-0.25, -0.2) is 4.79 Å². The summed E-state index contributed by atoms with van der Waals surface area (Å²) in [4.78, 5) is 22.9. The van der Waals surface area contributed by atoms with E-state index in [0.717, 1.165) is 0 Å². The summed E-state index contributed by atoms with van der Waals surface area (Å²) in [7, 11) is 1.22. The van der Waals surface area contributed by atoms with Gasteiger partial charge in [0, 0.05) is 11.8 Å². The van der Waals surface area contributed by atoms with Crippen molar-refractivity contribution >= 4 is 30.6 Å². The minimum absolute atomic E-state index is 0.117. The van der Waals surface area contributed by atoms with Gasteiger partial charge in [-0.05, 0) is 23.8 Å². The molecule has 1 atom stereocenters. The van der Waals surface area contributed by atoms with E-state index in [0.29, 0.717) is 5.56 Å². The van der Waals surface area contributed by atoms with Gasteiger partial charge in [0.25, 0.3) is 0 Å². The number of amides is 1. The van der Waals surface area contributed by atoms with Gasteiger partial charge < -0.3 is 20.3 Å². The average Bonchev–Trinajstić information content (AvgIpc) is 2.45. The topological polar surface area (TPSA) is 95.9 Å². The van der Waals surface area contributed by atoms with Crippen LogP contribution >= 0.6 is 12.6 Å². The Morgan fingerprint density at radius 2 is 2.10 bits per heavy atom. The van der Waals surface area contributed by atoms with Crippen LogP contribution in [0.5, 0.6) is 11.5 Å². The van der Waals surface area contributed by atoms with Crippen molar-refractivity contribution in [3.05, 3.63) is 29.8 Å². The summed E-state index contributed by atoms with van der Waals surface area (Å²) >= 11 is 3.95. The molecule has 0 saturated heterocycles. The molecule has 0 bridgehead atoms. The van der Waals surface area contributed by atoms with Gasteiger partial charge in [-0.2, -0.15) is 12.6 Å². The normalized spacial score (nSPS) is 12.1. The smallest absolute Gasteiger partial charge is 0.329 e. The first-order valence-electron chi connectivity index (χ1n) is 5.67. The number of aromatic hydroxyl groups is 2. The van der Waals surface area contributed by atoms with Crippen LogP contribution in [-0.2, 0) is 14.3 Å². The highest BCUT2D eigenvalue weighted by Crippen LogP contribution is 2.25. The SMILES string of the molecule is COC(=O)[C@H](CS)NC(=O)/C=C/c1ccc(O)c(O)c1. The minimum Gasteiger partial charge on any atom is -0.504 e. The summed E-state index contributed by atoms with van der Waals surface area (Å²) in [5, 5.41) is 20.9. The molecular weight excluding hydrogens is 282 g/mol. The second-order valence-electron chi connectivity index (χ2n) is 3.85. The standard InChI is InChI=1S/C13H15NO5S/c1-19-13(18)9(7-20)14-12(17)5-3-8-2-4-10(15)11(16)6-8/h2-6,9,15-16,20H,7H2,1H3,(H,14,17)/b5-3+/t9-/m0/s1. The molecule has 0 aliphatic rings. The highest BCUT2D eigenvalue weighted by molar-refractivity contribution is 7.80. The van der Waals surface area contributed by atoms with Gasteiger partial charge >= 0.3 is 5.97 Å². The quantitative estimate of drug-likeness (QED) is 0.278. The van der Waals surface area contributed by atoms with Crippen molar-refractivity contribution in [1.82, 2.24) is 5.32 Å². The minimum atomic E-state index is -0.825. The number of rotatable bonds is 5. The van der Waals surface area contributed by atoms with Crippen molar-refractivity contribution in [2.24, 2.45) is 0 Å². The van der Waals surface area contributed by atoms with Gasteiger partial charge in [0.1, 0.15) is 6.04 Å². The van der Waals surface area contributed by atoms with E-state index in [1.165, 1.54) is 37.5 Å². The molecule has 1 rings (SSSR count). The molecule has 108 valence electrons. The van der Waals surface area contributed by atoms with Crippen molar-refractivity contribution in [3.63, 3.8) is 0 Å². The number of hydrogen-bond acceptors (Lipinski definition) is 6. The van der Waals surface area contributed by atoms with Crippen LogP contribution in [0.15, 0.2) is 24.3 Å². The summed E-state index contributed by atoms with van der Waals surface area (Å²) < 4.78 is 4.51. The summed E-state index contributed by atoms with van der Waals surface area (Å²) in [5.74, 6) is -1.49. The summed E-state index contributed by atoms with van der Waals surface area (Å²) in [6.45, 7) is 0. The number of phenols is 2. The molecule has 0 unspecified atom stereocenters. The zero-order valence-electron chi connectivity index (χ0n) is 10.7. The Bertz CT molecular complexity index is 529. The molecular formula is C13H15NO5S. The lowest BCUT2D eigenvalue weighted by molar-refractivity contribution is -0.143. The zero-order chi connectivity index (χ0) is 15.1. The zero-order valence-corrected chi connectivity index (χ0v) is 11.6. The lowest BCUT2D eigenvalue weighted by Crippen LogP contribution is -2.42. The number of phenolic OH excluding ortho intramolecular Hbond substituents is 2. The highest BCUT2D eigenvalue weighted by atomic mass is 32.1. The predicted octanol–water partition coefficient (Wildman–Crippen LogP) is 0.699. The van der Waals surface area contributed by atoms with E-state index < -0.39 is 17.9 Å².